The molecule has 0 saturated heterocycles. The molecule has 2 aromatic carbocycles. The molecule has 98 valence electrons. The normalized spacial score (nSPS) is 10.3. The lowest BCUT2D eigenvalue weighted by Crippen LogP contribution is -2.06. The highest BCUT2D eigenvalue weighted by Gasteiger charge is 2.17. The van der Waals surface area contributed by atoms with Crippen molar-refractivity contribution in [1.82, 2.24) is 0 Å². The Morgan fingerprint density at radius 2 is 1.95 bits per heavy atom. The number of ether oxygens (including phenoxy) is 1. The van der Waals surface area contributed by atoms with Crippen LogP contribution in [-0.4, -0.2) is 12.9 Å². The van der Waals surface area contributed by atoms with E-state index in [1.165, 1.54) is 7.11 Å². The van der Waals surface area contributed by atoms with Gasteiger partial charge in [-0.15, -0.1) is 0 Å². The van der Waals surface area contributed by atoms with Crippen LogP contribution < -0.4 is 4.74 Å². The minimum atomic E-state index is -0.106. The Morgan fingerprint density at radius 3 is 2.63 bits per heavy atom. The largest absolute Gasteiger partial charge is 0.496 e. The lowest BCUT2D eigenvalue weighted by molar-refractivity contribution is 0.103. The molecule has 0 spiro atoms. The van der Waals surface area contributed by atoms with E-state index in [0.717, 1.165) is 8.04 Å². The van der Waals surface area contributed by atoms with Crippen molar-refractivity contribution in [3.05, 3.63) is 60.6 Å². The molecular formula is C14H9BrClIO2. The maximum absolute atomic E-state index is 12.6. The van der Waals surface area contributed by atoms with Crippen LogP contribution in [-0.2, 0) is 0 Å². The van der Waals surface area contributed by atoms with Crippen LogP contribution in [0.1, 0.15) is 15.9 Å². The molecule has 0 radical (unpaired) electrons. The van der Waals surface area contributed by atoms with E-state index < -0.39 is 0 Å². The molecule has 0 fully saturated rings. The van der Waals surface area contributed by atoms with E-state index in [1.54, 1.807) is 24.3 Å². The number of methoxy groups -OCH3 is 1. The Labute approximate surface area is 138 Å². The van der Waals surface area contributed by atoms with Gasteiger partial charge in [-0.05, 0) is 59.0 Å². The third-order valence-electron chi connectivity index (χ3n) is 2.58. The van der Waals surface area contributed by atoms with Crippen LogP contribution in [0.5, 0.6) is 5.75 Å². The molecule has 0 heterocycles. The molecule has 0 unspecified atom stereocenters. The number of halogens is 3. The van der Waals surface area contributed by atoms with E-state index in [-0.39, 0.29) is 5.78 Å². The van der Waals surface area contributed by atoms with E-state index in [9.17, 15) is 4.79 Å². The summed E-state index contributed by atoms with van der Waals surface area (Å²) in [6.45, 7) is 0. The summed E-state index contributed by atoms with van der Waals surface area (Å²) in [6, 6.07) is 10.6. The summed E-state index contributed by atoms with van der Waals surface area (Å²) in [5.41, 5.74) is 1.08. The monoisotopic (exact) mass is 450 g/mol. The molecule has 0 aliphatic heterocycles. The van der Waals surface area contributed by atoms with Gasteiger partial charge in [0.05, 0.1) is 12.7 Å². The maximum atomic E-state index is 12.6. The fraction of sp³-hybridized carbons (Fsp3) is 0.0714. The van der Waals surface area contributed by atoms with Crippen LogP contribution in [0.2, 0.25) is 5.02 Å². The zero-order valence-corrected chi connectivity index (χ0v) is 14.4. The van der Waals surface area contributed by atoms with Crippen molar-refractivity contribution in [2.45, 2.75) is 0 Å². The average molecular weight is 451 g/mol. The molecule has 0 aromatic heterocycles. The third kappa shape index (κ3) is 3.30. The molecular weight excluding hydrogens is 442 g/mol. The molecule has 0 aliphatic carbocycles. The third-order valence-corrected chi connectivity index (χ3v) is 4.25. The van der Waals surface area contributed by atoms with Gasteiger partial charge in [-0.1, -0.05) is 27.5 Å². The lowest BCUT2D eigenvalue weighted by Gasteiger charge is -2.09. The summed E-state index contributed by atoms with van der Waals surface area (Å²) < 4.78 is 6.96. The zero-order valence-electron chi connectivity index (χ0n) is 9.91. The summed E-state index contributed by atoms with van der Waals surface area (Å²) in [5, 5.41) is 0.508. The van der Waals surface area contributed by atoms with Gasteiger partial charge in [0.25, 0.3) is 0 Å². The SMILES string of the molecule is COc1ccc(Cl)cc1C(=O)c1cc(Br)ccc1I. The average Bonchev–Trinajstić information content (AvgIpc) is 2.40. The highest BCUT2D eigenvalue weighted by atomic mass is 127. The van der Waals surface area contributed by atoms with Crippen LogP contribution >= 0.6 is 50.1 Å². The summed E-state index contributed by atoms with van der Waals surface area (Å²) in [6.07, 6.45) is 0. The minimum absolute atomic E-state index is 0.106. The van der Waals surface area contributed by atoms with Crippen molar-refractivity contribution in [3.8, 4) is 5.75 Å². The van der Waals surface area contributed by atoms with E-state index in [2.05, 4.69) is 38.5 Å². The molecule has 0 amide bonds. The topological polar surface area (TPSA) is 26.3 Å². The highest BCUT2D eigenvalue weighted by Crippen LogP contribution is 2.28. The fourth-order valence-electron chi connectivity index (χ4n) is 1.67. The predicted octanol–water partition coefficient (Wildman–Crippen LogP) is 4.95. The number of rotatable bonds is 3. The summed E-state index contributed by atoms with van der Waals surface area (Å²) in [5.74, 6) is 0.412. The van der Waals surface area contributed by atoms with Crippen molar-refractivity contribution in [3.63, 3.8) is 0 Å². The van der Waals surface area contributed by atoms with Crippen LogP contribution in [0.15, 0.2) is 40.9 Å². The van der Waals surface area contributed by atoms with Crippen molar-refractivity contribution >= 4 is 55.9 Å². The second-order valence-electron chi connectivity index (χ2n) is 3.80. The smallest absolute Gasteiger partial charge is 0.197 e. The molecule has 0 atom stereocenters. The van der Waals surface area contributed by atoms with Crippen molar-refractivity contribution in [2.24, 2.45) is 0 Å². The Morgan fingerprint density at radius 1 is 1.21 bits per heavy atom. The molecule has 2 rings (SSSR count). The number of hydrogen-bond donors (Lipinski definition) is 0. The predicted molar refractivity (Wildman–Crippen MR) is 88.3 cm³/mol. The van der Waals surface area contributed by atoms with Crippen molar-refractivity contribution in [2.75, 3.05) is 7.11 Å². The molecule has 0 saturated carbocycles. The van der Waals surface area contributed by atoms with Gasteiger partial charge in [-0.25, -0.2) is 0 Å². The van der Waals surface area contributed by atoms with E-state index in [4.69, 9.17) is 16.3 Å². The Kier molecular flexibility index (Phi) is 4.86. The summed E-state index contributed by atoms with van der Waals surface area (Å²) in [7, 11) is 1.53. The van der Waals surface area contributed by atoms with Gasteiger partial charge < -0.3 is 4.74 Å². The first-order valence-corrected chi connectivity index (χ1v) is 7.61. The molecule has 0 bridgehead atoms. The van der Waals surface area contributed by atoms with Gasteiger partial charge >= 0.3 is 0 Å². The Hall–Kier alpha value is -0.590. The number of benzene rings is 2. The number of carbonyl (C=O) groups is 1. The van der Waals surface area contributed by atoms with Gasteiger partial charge in [-0.2, -0.15) is 0 Å². The van der Waals surface area contributed by atoms with E-state index in [1.807, 2.05) is 12.1 Å². The second kappa shape index (κ2) is 6.24. The number of hydrogen-bond acceptors (Lipinski definition) is 2. The van der Waals surface area contributed by atoms with Gasteiger partial charge in [-0.3, -0.25) is 4.79 Å². The molecule has 5 heteroatoms. The van der Waals surface area contributed by atoms with Gasteiger partial charge in [0.2, 0.25) is 0 Å². The zero-order chi connectivity index (χ0) is 14.0. The number of ketones is 1. The lowest BCUT2D eigenvalue weighted by atomic mass is 10.0. The first kappa shape index (κ1) is 14.8. The fourth-order valence-corrected chi connectivity index (χ4v) is 2.79. The quantitative estimate of drug-likeness (QED) is 0.488. The molecule has 0 N–H and O–H groups in total. The first-order chi connectivity index (χ1) is 9.02. The van der Waals surface area contributed by atoms with Crippen LogP contribution in [0.4, 0.5) is 0 Å². The first-order valence-electron chi connectivity index (χ1n) is 5.36. The van der Waals surface area contributed by atoms with Crippen molar-refractivity contribution in [1.29, 1.82) is 0 Å². The van der Waals surface area contributed by atoms with Crippen molar-refractivity contribution < 1.29 is 9.53 Å². The van der Waals surface area contributed by atoms with Crippen LogP contribution in [0.25, 0.3) is 0 Å². The molecule has 2 nitrogen and oxygen atoms in total. The molecule has 2 aromatic rings. The summed E-state index contributed by atoms with van der Waals surface area (Å²) in [4.78, 5) is 12.6. The standard InChI is InChI=1S/C14H9BrClIO2/c1-19-13-5-3-9(16)7-11(13)14(18)10-6-8(15)2-4-12(10)17/h2-7H,1H3. The maximum Gasteiger partial charge on any atom is 0.197 e. The van der Waals surface area contributed by atoms with Crippen LogP contribution in [0.3, 0.4) is 0 Å². The molecule has 19 heavy (non-hydrogen) atoms. The minimum Gasteiger partial charge on any atom is -0.496 e. The van der Waals surface area contributed by atoms with E-state index >= 15 is 0 Å². The van der Waals surface area contributed by atoms with E-state index in [0.29, 0.717) is 21.9 Å². The van der Waals surface area contributed by atoms with Gasteiger partial charge in [0.15, 0.2) is 5.78 Å². The highest BCUT2D eigenvalue weighted by molar-refractivity contribution is 14.1. The van der Waals surface area contributed by atoms with Gasteiger partial charge in [0.1, 0.15) is 5.75 Å². The summed E-state index contributed by atoms with van der Waals surface area (Å²) >= 11 is 11.5. The Bertz CT molecular complexity index is 643. The van der Waals surface area contributed by atoms with Crippen LogP contribution in [0, 0.1) is 3.57 Å². The molecule has 0 aliphatic rings. The number of carbonyl (C=O) groups excluding carboxylic acids is 1. The second-order valence-corrected chi connectivity index (χ2v) is 6.31. The Balaban J connectivity index is 2.55. The van der Waals surface area contributed by atoms with Gasteiger partial charge in [0, 0.05) is 18.6 Å².